The van der Waals surface area contributed by atoms with Crippen LogP contribution in [-0.2, 0) is 25.5 Å². The lowest BCUT2D eigenvalue weighted by Crippen LogP contribution is -2.54. The van der Waals surface area contributed by atoms with E-state index in [0.29, 0.717) is 60.2 Å². The highest BCUT2D eigenvalue weighted by Gasteiger charge is 2.52. The van der Waals surface area contributed by atoms with E-state index >= 15 is 0 Å². The minimum absolute atomic E-state index is 0.189. The monoisotopic (exact) mass is 510 g/mol. The molecule has 180 valence electrons. The van der Waals surface area contributed by atoms with E-state index in [4.69, 9.17) is 42.7 Å². The summed E-state index contributed by atoms with van der Waals surface area (Å²) in [6, 6.07) is 14.3. The predicted octanol–water partition coefficient (Wildman–Crippen LogP) is 5.50. The summed E-state index contributed by atoms with van der Waals surface area (Å²) < 4.78 is 10.5. The van der Waals surface area contributed by atoms with Crippen LogP contribution in [0, 0.1) is 5.41 Å². The molecule has 0 bridgehead atoms. The summed E-state index contributed by atoms with van der Waals surface area (Å²) in [5.74, 6) is -0.227. The van der Waals surface area contributed by atoms with Gasteiger partial charge in [-0.05, 0) is 48.7 Å². The molecule has 1 saturated heterocycles. The van der Waals surface area contributed by atoms with E-state index in [-0.39, 0.29) is 5.78 Å². The second-order valence-electron chi connectivity index (χ2n) is 8.93. The van der Waals surface area contributed by atoms with E-state index < -0.39 is 17.4 Å². The maximum absolute atomic E-state index is 12.6. The Hall–Kier alpha value is -2.80. The van der Waals surface area contributed by atoms with Crippen molar-refractivity contribution in [2.45, 2.75) is 31.7 Å². The Morgan fingerprint density at radius 3 is 2.57 bits per heavy atom. The standard InChI is InChI=1S/C27H24Cl2N2O4/c1-34-26(33)22(31-23-15-24(32)27(23)9-11-35-12-10-27)14-16-5-7-20-17(13-16)6-8-21(30-20)25-18(28)3-2-4-19(25)29/h2-8,13,22H,9-12,14-15H2,1H3/t22-/m0/s1. The van der Waals surface area contributed by atoms with Crippen LogP contribution in [0.25, 0.3) is 22.2 Å². The summed E-state index contributed by atoms with van der Waals surface area (Å²) in [6.07, 6.45) is 1.91. The second kappa shape index (κ2) is 9.69. The van der Waals surface area contributed by atoms with Gasteiger partial charge in [0.2, 0.25) is 0 Å². The van der Waals surface area contributed by atoms with E-state index in [1.54, 1.807) is 18.2 Å². The molecule has 6 nitrogen and oxygen atoms in total. The first-order chi connectivity index (χ1) is 16.9. The summed E-state index contributed by atoms with van der Waals surface area (Å²) in [6.45, 7) is 1.07. The quantitative estimate of drug-likeness (QED) is 0.423. The molecule has 1 atom stereocenters. The number of hydrogen-bond acceptors (Lipinski definition) is 6. The van der Waals surface area contributed by atoms with Crippen LogP contribution in [0.5, 0.6) is 0 Å². The number of aliphatic imine (C=N–C) groups is 1. The third-order valence-electron chi connectivity index (χ3n) is 6.95. The number of nitrogens with zero attached hydrogens (tertiary/aromatic N) is 2. The minimum Gasteiger partial charge on any atom is -0.467 e. The summed E-state index contributed by atoms with van der Waals surface area (Å²) in [4.78, 5) is 34.5. The molecule has 1 aliphatic heterocycles. The van der Waals surface area contributed by atoms with Gasteiger partial charge in [0.15, 0.2) is 6.04 Å². The van der Waals surface area contributed by atoms with Gasteiger partial charge in [-0.3, -0.25) is 9.79 Å². The molecule has 0 N–H and O–H groups in total. The molecule has 2 fully saturated rings. The van der Waals surface area contributed by atoms with Crippen molar-refractivity contribution in [1.29, 1.82) is 0 Å². The molecule has 8 heteroatoms. The third-order valence-corrected chi connectivity index (χ3v) is 7.58. The van der Waals surface area contributed by atoms with Gasteiger partial charge in [-0.1, -0.05) is 41.4 Å². The zero-order valence-corrected chi connectivity index (χ0v) is 20.7. The molecule has 2 heterocycles. The van der Waals surface area contributed by atoms with E-state index in [1.165, 1.54) is 7.11 Å². The van der Waals surface area contributed by atoms with Crippen LogP contribution in [-0.4, -0.2) is 48.8 Å². The first kappa shape index (κ1) is 23.9. The van der Waals surface area contributed by atoms with Crippen LogP contribution in [0.3, 0.4) is 0 Å². The highest BCUT2D eigenvalue weighted by Crippen LogP contribution is 2.43. The number of carbonyl (C=O) groups excluding carboxylic acids is 2. The summed E-state index contributed by atoms with van der Waals surface area (Å²) in [5.41, 5.74) is 3.33. The maximum Gasteiger partial charge on any atom is 0.330 e. The van der Waals surface area contributed by atoms with Gasteiger partial charge in [0.25, 0.3) is 0 Å². The van der Waals surface area contributed by atoms with Gasteiger partial charge in [0.1, 0.15) is 5.78 Å². The van der Waals surface area contributed by atoms with Gasteiger partial charge in [0.05, 0.1) is 33.8 Å². The first-order valence-corrected chi connectivity index (χ1v) is 12.3. The van der Waals surface area contributed by atoms with Crippen molar-refractivity contribution in [3.8, 4) is 11.3 Å². The van der Waals surface area contributed by atoms with Crippen molar-refractivity contribution in [3.05, 3.63) is 64.1 Å². The zero-order valence-electron chi connectivity index (χ0n) is 19.2. The summed E-state index contributed by atoms with van der Waals surface area (Å²) in [7, 11) is 1.36. The number of rotatable bonds is 5. The molecular formula is C27H24Cl2N2O4. The number of esters is 1. The van der Waals surface area contributed by atoms with Crippen molar-refractivity contribution in [1.82, 2.24) is 4.98 Å². The summed E-state index contributed by atoms with van der Waals surface area (Å²) >= 11 is 12.7. The molecule has 2 aliphatic rings. The van der Waals surface area contributed by atoms with Gasteiger partial charge < -0.3 is 9.47 Å². The van der Waals surface area contributed by atoms with Crippen molar-refractivity contribution < 1.29 is 19.1 Å². The van der Waals surface area contributed by atoms with Crippen LogP contribution in [0.4, 0.5) is 0 Å². The number of carbonyl (C=O) groups is 2. The minimum atomic E-state index is -0.713. The molecule has 0 amide bonds. The van der Waals surface area contributed by atoms with E-state index in [1.807, 2.05) is 30.3 Å². The Balaban J connectivity index is 1.43. The third kappa shape index (κ3) is 4.46. The molecule has 1 saturated carbocycles. The number of aromatic nitrogens is 1. The van der Waals surface area contributed by atoms with Crippen LogP contribution in [0.1, 0.15) is 24.8 Å². The fourth-order valence-electron chi connectivity index (χ4n) is 4.91. The Kier molecular flexibility index (Phi) is 6.62. The number of Topliss-reactive ketones (excluding diaryl/α,β-unsaturated/α-hetero) is 1. The van der Waals surface area contributed by atoms with Crippen LogP contribution >= 0.6 is 23.2 Å². The number of ether oxygens (including phenoxy) is 2. The molecule has 35 heavy (non-hydrogen) atoms. The van der Waals surface area contributed by atoms with Crippen molar-refractivity contribution in [2.75, 3.05) is 20.3 Å². The largest absolute Gasteiger partial charge is 0.467 e. The Morgan fingerprint density at radius 1 is 1.14 bits per heavy atom. The molecule has 0 unspecified atom stereocenters. The molecule has 2 aromatic carbocycles. The van der Waals surface area contributed by atoms with Crippen molar-refractivity contribution in [2.24, 2.45) is 10.4 Å². The molecule has 0 radical (unpaired) electrons. The van der Waals surface area contributed by atoms with Gasteiger partial charge in [-0.15, -0.1) is 0 Å². The second-order valence-corrected chi connectivity index (χ2v) is 9.75. The Bertz CT molecular complexity index is 1330. The lowest BCUT2D eigenvalue weighted by molar-refractivity contribution is -0.142. The van der Waals surface area contributed by atoms with Crippen LogP contribution < -0.4 is 0 Å². The van der Waals surface area contributed by atoms with Crippen LogP contribution in [0.2, 0.25) is 10.0 Å². The number of hydrogen-bond donors (Lipinski definition) is 0. The fourth-order valence-corrected chi connectivity index (χ4v) is 5.51. The average Bonchev–Trinajstić information content (AvgIpc) is 2.87. The highest BCUT2D eigenvalue weighted by molar-refractivity contribution is 6.39. The number of fused-ring (bicyclic) bond motifs is 1. The lowest BCUT2D eigenvalue weighted by atomic mass is 9.61. The SMILES string of the molecule is COC(=O)[C@H](Cc1ccc2nc(-c3c(Cl)cccc3Cl)ccc2c1)N=C1CC(=O)C12CCOCC2. The van der Waals surface area contributed by atoms with Crippen molar-refractivity contribution in [3.63, 3.8) is 0 Å². The topological polar surface area (TPSA) is 77.9 Å². The number of ketones is 1. The molecule has 5 rings (SSSR count). The van der Waals surface area contributed by atoms with Gasteiger partial charge in [0, 0.05) is 42.7 Å². The maximum atomic E-state index is 12.6. The number of benzene rings is 2. The number of pyridine rings is 1. The zero-order chi connectivity index (χ0) is 24.6. The number of methoxy groups -OCH3 is 1. The Labute approximate surface area is 213 Å². The molecule has 3 aromatic rings. The first-order valence-electron chi connectivity index (χ1n) is 11.5. The molecular weight excluding hydrogens is 487 g/mol. The molecule has 1 spiro atoms. The van der Waals surface area contributed by atoms with E-state index in [2.05, 4.69) is 0 Å². The average molecular weight is 511 g/mol. The van der Waals surface area contributed by atoms with Crippen molar-refractivity contribution >= 4 is 51.6 Å². The van der Waals surface area contributed by atoms with E-state index in [9.17, 15) is 9.59 Å². The predicted molar refractivity (Wildman–Crippen MR) is 136 cm³/mol. The summed E-state index contributed by atoms with van der Waals surface area (Å²) in [5, 5.41) is 2.00. The van der Waals surface area contributed by atoms with Gasteiger partial charge in [-0.25, -0.2) is 9.78 Å². The lowest BCUT2D eigenvalue weighted by Gasteiger charge is -2.44. The molecule has 1 aromatic heterocycles. The Morgan fingerprint density at radius 2 is 1.89 bits per heavy atom. The van der Waals surface area contributed by atoms with Crippen LogP contribution in [0.15, 0.2) is 53.5 Å². The highest BCUT2D eigenvalue weighted by atomic mass is 35.5. The normalized spacial score (nSPS) is 19.1. The van der Waals surface area contributed by atoms with E-state index in [0.717, 1.165) is 22.2 Å². The number of halogens is 2. The smallest absolute Gasteiger partial charge is 0.330 e. The van der Waals surface area contributed by atoms with Gasteiger partial charge >= 0.3 is 5.97 Å². The fraction of sp³-hybridized carbons (Fsp3) is 0.333. The molecule has 1 aliphatic carbocycles. The van der Waals surface area contributed by atoms with Gasteiger partial charge in [-0.2, -0.15) is 0 Å².